The van der Waals surface area contributed by atoms with E-state index in [0.717, 1.165) is 28.2 Å². The Morgan fingerprint density at radius 3 is 1.80 bits per heavy atom. The standard InChI is InChI=1S/C25H29NO4/c1-27-25(28-2)17-26-16-22-13-14-23(29-18-20-9-5-3-6-10-20)24(15-22)30-19-21-11-7-4-8-12-21/h3-15,25-26H,16-19H2,1-2H3. The summed E-state index contributed by atoms with van der Waals surface area (Å²) in [6, 6.07) is 26.2. The van der Waals surface area contributed by atoms with Gasteiger partial charge in [-0.25, -0.2) is 0 Å². The Hall–Kier alpha value is -2.86. The third kappa shape index (κ3) is 6.88. The number of hydrogen-bond donors (Lipinski definition) is 1. The van der Waals surface area contributed by atoms with Crippen molar-refractivity contribution >= 4 is 0 Å². The molecule has 0 aliphatic heterocycles. The zero-order valence-corrected chi connectivity index (χ0v) is 17.5. The quantitative estimate of drug-likeness (QED) is 0.446. The van der Waals surface area contributed by atoms with E-state index < -0.39 is 0 Å². The molecule has 0 atom stereocenters. The third-order valence-corrected chi connectivity index (χ3v) is 4.65. The normalized spacial score (nSPS) is 10.9. The van der Waals surface area contributed by atoms with Crippen LogP contribution in [0.3, 0.4) is 0 Å². The molecule has 5 nitrogen and oxygen atoms in total. The summed E-state index contributed by atoms with van der Waals surface area (Å²) >= 11 is 0. The molecule has 0 saturated carbocycles. The Kier molecular flexibility index (Phi) is 8.72. The summed E-state index contributed by atoms with van der Waals surface area (Å²) in [7, 11) is 3.26. The molecule has 3 rings (SSSR count). The minimum absolute atomic E-state index is 0.271. The van der Waals surface area contributed by atoms with Crippen LogP contribution in [0.5, 0.6) is 11.5 Å². The van der Waals surface area contributed by atoms with Crippen molar-refractivity contribution in [1.82, 2.24) is 5.32 Å². The first-order chi connectivity index (χ1) is 14.8. The Morgan fingerprint density at radius 2 is 1.23 bits per heavy atom. The fourth-order valence-corrected chi connectivity index (χ4v) is 2.96. The van der Waals surface area contributed by atoms with E-state index in [4.69, 9.17) is 18.9 Å². The van der Waals surface area contributed by atoms with Crippen LogP contribution >= 0.6 is 0 Å². The highest BCUT2D eigenvalue weighted by molar-refractivity contribution is 5.43. The van der Waals surface area contributed by atoms with Gasteiger partial charge in [0.2, 0.25) is 0 Å². The van der Waals surface area contributed by atoms with Crippen LogP contribution in [0.2, 0.25) is 0 Å². The molecular formula is C25H29NO4. The fraction of sp³-hybridized carbons (Fsp3) is 0.280. The highest BCUT2D eigenvalue weighted by Gasteiger charge is 2.09. The molecule has 0 radical (unpaired) electrons. The van der Waals surface area contributed by atoms with Gasteiger partial charge in [-0.3, -0.25) is 0 Å². The Bertz CT molecular complexity index is 867. The van der Waals surface area contributed by atoms with E-state index in [1.54, 1.807) is 14.2 Å². The van der Waals surface area contributed by atoms with Gasteiger partial charge < -0.3 is 24.3 Å². The molecule has 0 fully saturated rings. The maximum Gasteiger partial charge on any atom is 0.169 e. The minimum Gasteiger partial charge on any atom is -0.485 e. The van der Waals surface area contributed by atoms with E-state index in [1.807, 2.05) is 78.9 Å². The SMILES string of the molecule is COC(CNCc1ccc(OCc2ccccc2)c(OCc2ccccc2)c1)OC. The molecule has 30 heavy (non-hydrogen) atoms. The van der Waals surface area contributed by atoms with Gasteiger partial charge in [-0.1, -0.05) is 66.7 Å². The molecule has 1 N–H and O–H groups in total. The zero-order valence-electron chi connectivity index (χ0n) is 17.5. The molecule has 0 unspecified atom stereocenters. The number of methoxy groups -OCH3 is 2. The van der Waals surface area contributed by atoms with Crippen molar-refractivity contribution in [2.45, 2.75) is 26.0 Å². The first kappa shape index (κ1) is 21.8. The number of hydrogen-bond acceptors (Lipinski definition) is 5. The summed E-state index contributed by atoms with van der Waals surface area (Å²) in [6.07, 6.45) is -0.271. The molecule has 5 heteroatoms. The predicted molar refractivity (Wildman–Crippen MR) is 118 cm³/mol. The van der Waals surface area contributed by atoms with Gasteiger partial charge in [0.15, 0.2) is 17.8 Å². The van der Waals surface area contributed by atoms with E-state index in [1.165, 1.54) is 0 Å². The van der Waals surface area contributed by atoms with Crippen molar-refractivity contribution in [3.63, 3.8) is 0 Å². The highest BCUT2D eigenvalue weighted by atomic mass is 16.7. The molecule has 3 aromatic carbocycles. The van der Waals surface area contributed by atoms with Crippen molar-refractivity contribution in [2.75, 3.05) is 20.8 Å². The lowest BCUT2D eigenvalue weighted by molar-refractivity contribution is -0.0989. The van der Waals surface area contributed by atoms with Crippen LogP contribution in [0.1, 0.15) is 16.7 Å². The molecule has 0 aromatic heterocycles. The minimum atomic E-state index is -0.271. The van der Waals surface area contributed by atoms with Crippen molar-refractivity contribution in [3.05, 3.63) is 95.6 Å². The lowest BCUT2D eigenvalue weighted by Crippen LogP contribution is -2.29. The van der Waals surface area contributed by atoms with Crippen LogP contribution in [-0.2, 0) is 29.2 Å². The molecule has 0 aliphatic carbocycles. The summed E-state index contributed by atoms with van der Waals surface area (Å²) in [4.78, 5) is 0. The van der Waals surface area contributed by atoms with E-state index in [0.29, 0.717) is 26.3 Å². The van der Waals surface area contributed by atoms with E-state index in [2.05, 4.69) is 5.32 Å². The average Bonchev–Trinajstić information content (AvgIpc) is 2.81. The van der Waals surface area contributed by atoms with Gasteiger partial charge in [-0.15, -0.1) is 0 Å². The van der Waals surface area contributed by atoms with Crippen molar-refractivity contribution in [2.24, 2.45) is 0 Å². The smallest absolute Gasteiger partial charge is 0.169 e. The molecule has 158 valence electrons. The van der Waals surface area contributed by atoms with Crippen LogP contribution < -0.4 is 14.8 Å². The van der Waals surface area contributed by atoms with E-state index in [-0.39, 0.29) is 6.29 Å². The Balaban J connectivity index is 1.68. The van der Waals surface area contributed by atoms with Crippen LogP contribution in [0.25, 0.3) is 0 Å². The lowest BCUT2D eigenvalue weighted by atomic mass is 10.2. The summed E-state index contributed by atoms with van der Waals surface area (Å²) in [6.45, 7) is 2.24. The second-order valence-corrected chi connectivity index (χ2v) is 6.86. The maximum absolute atomic E-state index is 6.12. The Morgan fingerprint density at radius 1 is 0.667 bits per heavy atom. The summed E-state index contributed by atoms with van der Waals surface area (Å²) in [5.41, 5.74) is 3.32. The van der Waals surface area contributed by atoms with Gasteiger partial charge in [0.25, 0.3) is 0 Å². The maximum atomic E-state index is 6.12. The second-order valence-electron chi connectivity index (χ2n) is 6.86. The van der Waals surface area contributed by atoms with Gasteiger partial charge >= 0.3 is 0 Å². The molecule has 3 aromatic rings. The largest absolute Gasteiger partial charge is 0.485 e. The van der Waals surface area contributed by atoms with Crippen LogP contribution in [0.4, 0.5) is 0 Å². The topological polar surface area (TPSA) is 49.0 Å². The van der Waals surface area contributed by atoms with Crippen LogP contribution in [0, 0.1) is 0 Å². The van der Waals surface area contributed by atoms with E-state index >= 15 is 0 Å². The van der Waals surface area contributed by atoms with Crippen LogP contribution in [0.15, 0.2) is 78.9 Å². The molecule has 0 bridgehead atoms. The first-order valence-corrected chi connectivity index (χ1v) is 10.0. The van der Waals surface area contributed by atoms with Gasteiger partial charge in [0.1, 0.15) is 13.2 Å². The zero-order chi connectivity index (χ0) is 21.0. The van der Waals surface area contributed by atoms with Crippen LogP contribution in [-0.4, -0.2) is 27.1 Å². The fourth-order valence-electron chi connectivity index (χ4n) is 2.96. The van der Waals surface area contributed by atoms with Crippen molar-refractivity contribution < 1.29 is 18.9 Å². The molecule has 0 heterocycles. The first-order valence-electron chi connectivity index (χ1n) is 10.0. The third-order valence-electron chi connectivity index (χ3n) is 4.65. The van der Waals surface area contributed by atoms with E-state index in [9.17, 15) is 0 Å². The van der Waals surface area contributed by atoms with Gasteiger partial charge in [0, 0.05) is 27.3 Å². The number of rotatable bonds is 12. The Labute approximate surface area is 178 Å². The predicted octanol–water partition coefficient (Wildman–Crippen LogP) is 4.55. The monoisotopic (exact) mass is 407 g/mol. The van der Waals surface area contributed by atoms with Crippen molar-refractivity contribution in [3.8, 4) is 11.5 Å². The summed E-state index contributed by atoms with van der Waals surface area (Å²) in [5, 5.41) is 3.34. The summed E-state index contributed by atoms with van der Waals surface area (Å²) < 4.78 is 22.6. The van der Waals surface area contributed by atoms with Crippen molar-refractivity contribution in [1.29, 1.82) is 0 Å². The second kappa shape index (κ2) is 12.0. The number of ether oxygens (including phenoxy) is 4. The highest BCUT2D eigenvalue weighted by Crippen LogP contribution is 2.30. The average molecular weight is 408 g/mol. The van der Waals surface area contributed by atoms with Gasteiger partial charge in [-0.05, 0) is 28.8 Å². The lowest BCUT2D eigenvalue weighted by Gasteiger charge is -2.16. The van der Waals surface area contributed by atoms with Gasteiger partial charge in [-0.2, -0.15) is 0 Å². The molecular weight excluding hydrogens is 378 g/mol. The molecule has 0 saturated heterocycles. The molecule has 0 amide bonds. The number of nitrogens with one attached hydrogen (secondary N) is 1. The summed E-state index contributed by atoms with van der Waals surface area (Å²) in [5.74, 6) is 1.45. The van der Waals surface area contributed by atoms with Gasteiger partial charge in [0.05, 0.1) is 0 Å². The molecule has 0 aliphatic rings. The number of benzene rings is 3. The molecule has 0 spiro atoms.